The Kier molecular flexibility index (Phi) is 4.62. The lowest BCUT2D eigenvalue weighted by molar-refractivity contribution is 0.0940. The summed E-state index contributed by atoms with van der Waals surface area (Å²) in [6.45, 7) is 9.06. The molecule has 4 heteroatoms. The van der Waals surface area contributed by atoms with Crippen molar-refractivity contribution < 1.29 is 4.79 Å². The summed E-state index contributed by atoms with van der Waals surface area (Å²) in [6, 6.07) is 8.57. The molecule has 1 N–H and O–H groups in total. The SMILES string of the molecule is CCN1CCCC1CNC(=O)c1cc2cc(C)ccc2nc1C. The molecule has 0 saturated carbocycles. The molecule has 0 aliphatic carbocycles. The largest absolute Gasteiger partial charge is 0.350 e. The molecule has 2 aromatic rings. The maximum atomic E-state index is 12.6. The number of pyridine rings is 1. The normalized spacial score (nSPS) is 18.5. The molecule has 1 amide bonds. The van der Waals surface area contributed by atoms with E-state index in [0.29, 0.717) is 11.6 Å². The van der Waals surface area contributed by atoms with Gasteiger partial charge >= 0.3 is 0 Å². The van der Waals surface area contributed by atoms with E-state index in [2.05, 4.69) is 35.1 Å². The van der Waals surface area contributed by atoms with E-state index in [4.69, 9.17) is 0 Å². The van der Waals surface area contributed by atoms with Crippen LogP contribution in [0.4, 0.5) is 0 Å². The third-order valence-corrected chi connectivity index (χ3v) is 4.81. The second-order valence-corrected chi connectivity index (χ2v) is 6.45. The molecule has 1 aliphatic heterocycles. The van der Waals surface area contributed by atoms with E-state index in [0.717, 1.165) is 36.2 Å². The van der Waals surface area contributed by atoms with Crippen LogP contribution in [-0.2, 0) is 0 Å². The Balaban J connectivity index is 1.76. The van der Waals surface area contributed by atoms with Crippen LogP contribution in [0.5, 0.6) is 0 Å². The second-order valence-electron chi connectivity index (χ2n) is 6.45. The number of hydrogen-bond donors (Lipinski definition) is 1. The Morgan fingerprint density at radius 3 is 2.96 bits per heavy atom. The van der Waals surface area contributed by atoms with Gasteiger partial charge in [-0.2, -0.15) is 0 Å². The van der Waals surface area contributed by atoms with Crippen molar-refractivity contribution in [3.05, 3.63) is 41.1 Å². The van der Waals surface area contributed by atoms with Gasteiger partial charge in [0.05, 0.1) is 16.8 Å². The van der Waals surface area contributed by atoms with E-state index in [1.165, 1.54) is 18.4 Å². The van der Waals surface area contributed by atoms with Crippen LogP contribution in [0, 0.1) is 13.8 Å². The molecule has 1 aliphatic rings. The first-order valence-electron chi connectivity index (χ1n) is 8.48. The molecule has 1 atom stereocenters. The molecule has 1 aromatic carbocycles. The van der Waals surface area contributed by atoms with Gasteiger partial charge in [-0.15, -0.1) is 0 Å². The summed E-state index contributed by atoms with van der Waals surface area (Å²) in [5.74, 6) is -0.0126. The van der Waals surface area contributed by atoms with Crippen LogP contribution in [0.2, 0.25) is 0 Å². The van der Waals surface area contributed by atoms with Crippen LogP contribution in [0.1, 0.15) is 41.4 Å². The van der Waals surface area contributed by atoms with Crippen molar-refractivity contribution in [2.75, 3.05) is 19.6 Å². The standard InChI is InChI=1S/C19H25N3O/c1-4-22-9-5-6-16(22)12-20-19(23)17-11-15-10-13(2)7-8-18(15)21-14(17)3/h7-8,10-11,16H,4-6,9,12H2,1-3H3,(H,20,23). The smallest absolute Gasteiger partial charge is 0.253 e. The molecule has 1 aromatic heterocycles. The van der Waals surface area contributed by atoms with Crippen molar-refractivity contribution >= 4 is 16.8 Å². The number of fused-ring (bicyclic) bond motifs is 1. The predicted octanol–water partition coefficient (Wildman–Crippen LogP) is 3.07. The average molecular weight is 311 g/mol. The van der Waals surface area contributed by atoms with Gasteiger partial charge in [-0.1, -0.05) is 18.6 Å². The van der Waals surface area contributed by atoms with Gasteiger partial charge in [-0.25, -0.2) is 0 Å². The Morgan fingerprint density at radius 1 is 1.35 bits per heavy atom. The van der Waals surface area contributed by atoms with Gasteiger partial charge in [-0.05, 0) is 58.0 Å². The van der Waals surface area contributed by atoms with E-state index < -0.39 is 0 Å². The number of carbonyl (C=O) groups is 1. The van der Waals surface area contributed by atoms with Crippen molar-refractivity contribution in [1.82, 2.24) is 15.2 Å². The minimum absolute atomic E-state index is 0.0126. The van der Waals surface area contributed by atoms with Crippen LogP contribution < -0.4 is 5.32 Å². The number of likely N-dealkylation sites (tertiary alicyclic amines) is 1. The van der Waals surface area contributed by atoms with Crippen molar-refractivity contribution in [3.63, 3.8) is 0 Å². The van der Waals surface area contributed by atoms with Crippen LogP contribution >= 0.6 is 0 Å². The molecule has 122 valence electrons. The first kappa shape index (κ1) is 15.9. The molecule has 1 fully saturated rings. The molecule has 2 heterocycles. The second kappa shape index (κ2) is 6.67. The summed E-state index contributed by atoms with van der Waals surface area (Å²) in [5, 5.41) is 4.13. The van der Waals surface area contributed by atoms with Crippen molar-refractivity contribution in [1.29, 1.82) is 0 Å². The number of aryl methyl sites for hydroxylation is 2. The molecular formula is C19H25N3O. The van der Waals surface area contributed by atoms with Gasteiger partial charge in [0.25, 0.3) is 5.91 Å². The van der Waals surface area contributed by atoms with E-state index in [1.807, 2.05) is 25.1 Å². The Labute approximate surface area is 137 Å². The fourth-order valence-electron chi connectivity index (χ4n) is 3.47. The fraction of sp³-hybridized carbons (Fsp3) is 0.474. The number of hydrogen-bond acceptors (Lipinski definition) is 3. The maximum absolute atomic E-state index is 12.6. The number of aromatic nitrogens is 1. The van der Waals surface area contributed by atoms with Crippen LogP contribution in [0.15, 0.2) is 24.3 Å². The van der Waals surface area contributed by atoms with Gasteiger partial charge in [-0.3, -0.25) is 14.7 Å². The summed E-state index contributed by atoms with van der Waals surface area (Å²) < 4.78 is 0. The van der Waals surface area contributed by atoms with Gasteiger partial charge in [0, 0.05) is 18.0 Å². The minimum atomic E-state index is -0.0126. The fourth-order valence-corrected chi connectivity index (χ4v) is 3.47. The highest BCUT2D eigenvalue weighted by Crippen LogP contribution is 2.19. The number of benzene rings is 1. The molecular weight excluding hydrogens is 286 g/mol. The zero-order chi connectivity index (χ0) is 16.4. The predicted molar refractivity (Wildman–Crippen MR) is 93.8 cm³/mol. The van der Waals surface area contributed by atoms with Crippen molar-refractivity contribution in [3.8, 4) is 0 Å². The minimum Gasteiger partial charge on any atom is -0.350 e. The molecule has 4 nitrogen and oxygen atoms in total. The summed E-state index contributed by atoms with van der Waals surface area (Å²) in [6.07, 6.45) is 2.40. The lowest BCUT2D eigenvalue weighted by atomic mass is 10.1. The van der Waals surface area contributed by atoms with Crippen LogP contribution in [0.25, 0.3) is 10.9 Å². The highest BCUT2D eigenvalue weighted by atomic mass is 16.1. The molecule has 0 radical (unpaired) electrons. The van der Waals surface area contributed by atoms with Gasteiger partial charge < -0.3 is 5.32 Å². The average Bonchev–Trinajstić information content (AvgIpc) is 3.00. The lowest BCUT2D eigenvalue weighted by Gasteiger charge is -2.23. The quantitative estimate of drug-likeness (QED) is 0.944. The zero-order valence-electron chi connectivity index (χ0n) is 14.2. The number of carbonyl (C=O) groups excluding carboxylic acids is 1. The number of likely N-dealkylation sites (N-methyl/N-ethyl adjacent to an activating group) is 1. The zero-order valence-corrected chi connectivity index (χ0v) is 14.2. The summed E-state index contributed by atoms with van der Waals surface area (Å²) >= 11 is 0. The third kappa shape index (κ3) is 3.37. The first-order chi connectivity index (χ1) is 11.1. The molecule has 0 bridgehead atoms. The van der Waals surface area contributed by atoms with Crippen LogP contribution in [-0.4, -0.2) is 41.5 Å². The Bertz CT molecular complexity index is 726. The summed E-state index contributed by atoms with van der Waals surface area (Å²) in [5.41, 5.74) is 3.60. The number of nitrogens with one attached hydrogen (secondary N) is 1. The monoisotopic (exact) mass is 311 g/mol. The molecule has 23 heavy (non-hydrogen) atoms. The van der Waals surface area contributed by atoms with E-state index in [9.17, 15) is 4.79 Å². The van der Waals surface area contributed by atoms with Gasteiger partial charge in [0.15, 0.2) is 0 Å². The molecule has 0 spiro atoms. The number of rotatable bonds is 4. The first-order valence-corrected chi connectivity index (χ1v) is 8.48. The van der Waals surface area contributed by atoms with E-state index >= 15 is 0 Å². The molecule has 3 rings (SSSR count). The highest BCUT2D eigenvalue weighted by Gasteiger charge is 2.23. The van der Waals surface area contributed by atoms with Gasteiger partial charge in [0.2, 0.25) is 0 Å². The van der Waals surface area contributed by atoms with Crippen LogP contribution in [0.3, 0.4) is 0 Å². The third-order valence-electron chi connectivity index (χ3n) is 4.81. The van der Waals surface area contributed by atoms with E-state index in [-0.39, 0.29) is 5.91 Å². The Hall–Kier alpha value is -1.94. The summed E-state index contributed by atoms with van der Waals surface area (Å²) in [4.78, 5) is 19.6. The molecule has 1 saturated heterocycles. The Morgan fingerprint density at radius 2 is 2.17 bits per heavy atom. The highest BCUT2D eigenvalue weighted by molar-refractivity contribution is 5.98. The van der Waals surface area contributed by atoms with Crippen molar-refractivity contribution in [2.45, 2.75) is 39.7 Å². The number of nitrogens with zero attached hydrogens (tertiary/aromatic N) is 2. The van der Waals surface area contributed by atoms with Gasteiger partial charge in [0.1, 0.15) is 0 Å². The van der Waals surface area contributed by atoms with Crippen molar-refractivity contribution in [2.24, 2.45) is 0 Å². The summed E-state index contributed by atoms with van der Waals surface area (Å²) in [7, 11) is 0. The number of amides is 1. The molecule has 1 unspecified atom stereocenters. The topological polar surface area (TPSA) is 45.2 Å². The maximum Gasteiger partial charge on any atom is 0.253 e. The lowest BCUT2D eigenvalue weighted by Crippen LogP contribution is -2.40. The van der Waals surface area contributed by atoms with E-state index in [1.54, 1.807) is 0 Å².